The smallest absolute Gasteiger partial charge is 0.368 e. The summed E-state index contributed by atoms with van der Waals surface area (Å²) in [6, 6.07) is 12.6. The maximum absolute atomic E-state index is 13.1. The van der Waals surface area contributed by atoms with Crippen molar-refractivity contribution in [2.75, 3.05) is 18.4 Å². The fraction of sp³-hybridized carbons (Fsp3) is 0.333. The maximum Gasteiger partial charge on any atom is 0.434 e. The summed E-state index contributed by atoms with van der Waals surface area (Å²) < 4.78 is 42.5. The van der Waals surface area contributed by atoms with Crippen molar-refractivity contribution in [2.45, 2.75) is 31.5 Å². The number of aromatic nitrogens is 3. The van der Waals surface area contributed by atoms with Gasteiger partial charge in [-0.1, -0.05) is 24.3 Å². The number of benzene rings is 1. The fourth-order valence-corrected chi connectivity index (χ4v) is 4.13. The van der Waals surface area contributed by atoms with E-state index in [1.165, 1.54) is 10.5 Å². The van der Waals surface area contributed by atoms with Crippen LogP contribution in [0, 0.1) is 0 Å². The van der Waals surface area contributed by atoms with E-state index in [2.05, 4.69) is 15.6 Å². The Morgan fingerprint density at radius 2 is 1.91 bits per heavy atom. The van der Waals surface area contributed by atoms with Crippen LogP contribution >= 0.6 is 0 Å². The normalized spacial score (nSPS) is 12.9. The van der Waals surface area contributed by atoms with E-state index in [1.54, 1.807) is 12.1 Å². The Hall–Kier alpha value is -3.53. The number of alkyl halides is 3. The number of carbonyl (C=O) groups excluding carboxylic acids is 1. The van der Waals surface area contributed by atoms with Crippen LogP contribution in [0.5, 0.6) is 0 Å². The summed E-state index contributed by atoms with van der Waals surface area (Å²) in [5, 5.41) is 7.16. The number of pyridine rings is 1. The highest BCUT2D eigenvalue weighted by Crippen LogP contribution is 2.29. The van der Waals surface area contributed by atoms with Crippen molar-refractivity contribution in [3.63, 3.8) is 0 Å². The lowest BCUT2D eigenvalue weighted by molar-refractivity contribution is -0.140. The molecule has 1 atom stereocenters. The molecule has 0 aliphatic carbocycles. The van der Waals surface area contributed by atoms with E-state index >= 15 is 0 Å². The quantitative estimate of drug-likeness (QED) is 0.319. The molecule has 4 N–H and O–H groups in total. The Bertz CT molecular complexity index is 1290. The van der Waals surface area contributed by atoms with Gasteiger partial charge in [-0.15, -0.1) is 0 Å². The van der Waals surface area contributed by atoms with Crippen molar-refractivity contribution in [3.8, 4) is 0 Å². The van der Waals surface area contributed by atoms with Crippen LogP contribution in [0.15, 0.2) is 54.9 Å². The van der Waals surface area contributed by atoms with E-state index in [1.807, 2.05) is 42.1 Å². The van der Waals surface area contributed by atoms with Gasteiger partial charge in [0.15, 0.2) is 5.69 Å². The van der Waals surface area contributed by atoms with Gasteiger partial charge < -0.3 is 20.9 Å². The van der Waals surface area contributed by atoms with E-state index in [4.69, 9.17) is 5.73 Å². The molecule has 3 heterocycles. The van der Waals surface area contributed by atoms with Crippen molar-refractivity contribution >= 4 is 28.3 Å². The second-order valence-corrected chi connectivity index (χ2v) is 8.25. The topological polar surface area (TPSA) is 89.4 Å². The summed E-state index contributed by atoms with van der Waals surface area (Å²) >= 11 is 0. The molecule has 0 unspecified atom stereocenters. The van der Waals surface area contributed by atoms with Gasteiger partial charge in [0.25, 0.3) is 5.91 Å². The van der Waals surface area contributed by atoms with E-state index in [9.17, 15) is 18.0 Å². The van der Waals surface area contributed by atoms with Crippen molar-refractivity contribution in [2.24, 2.45) is 12.8 Å². The van der Waals surface area contributed by atoms with E-state index in [-0.39, 0.29) is 17.6 Å². The van der Waals surface area contributed by atoms with Crippen LogP contribution in [0.1, 0.15) is 35.3 Å². The van der Waals surface area contributed by atoms with Crippen molar-refractivity contribution in [1.82, 2.24) is 19.3 Å². The summed E-state index contributed by atoms with van der Waals surface area (Å²) in [4.78, 5) is 16.4. The number of rotatable bonds is 9. The number of carbonyl (C=O) groups is 1. The van der Waals surface area contributed by atoms with Crippen molar-refractivity contribution < 1.29 is 18.0 Å². The van der Waals surface area contributed by atoms with Crippen LogP contribution in [0.4, 0.5) is 19.0 Å². The largest absolute Gasteiger partial charge is 0.434 e. The van der Waals surface area contributed by atoms with Gasteiger partial charge in [-0.05, 0) is 44.0 Å². The molecule has 0 aliphatic rings. The number of nitrogens with zero attached hydrogens (tertiary/aromatic N) is 3. The Labute approximate surface area is 194 Å². The van der Waals surface area contributed by atoms with Crippen LogP contribution in [0.3, 0.4) is 0 Å². The second-order valence-electron chi connectivity index (χ2n) is 8.25. The first kappa shape index (κ1) is 23.6. The summed E-state index contributed by atoms with van der Waals surface area (Å²) in [5.74, 6) is 0.377. The molecule has 180 valence electrons. The first-order chi connectivity index (χ1) is 16.3. The molecule has 4 rings (SSSR count). The summed E-state index contributed by atoms with van der Waals surface area (Å²) in [6.45, 7) is 0.895. The number of imidazole rings is 1. The molecule has 0 aliphatic heterocycles. The zero-order valence-corrected chi connectivity index (χ0v) is 18.8. The number of nitrogens with one attached hydrogen (secondary N) is 2. The summed E-state index contributed by atoms with van der Waals surface area (Å²) in [7, 11) is 1.90. The number of amides is 1. The lowest BCUT2D eigenvalue weighted by Gasteiger charge is -2.20. The molecule has 0 spiro atoms. The van der Waals surface area contributed by atoms with Crippen molar-refractivity contribution in [3.05, 3.63) is 66.1 Å². The average Bonchev–Trinajstić information content (AvgIpc) is 3.39. The molecule has 4 aromatic rings. The highest BCUT2D eigenvalue weighted by atomic mass is 19.4. The van der Waals surface area contributed by atoms with Crippen LogP contribution in [-0.2, 0) is 13.2 Å². The SMILES string of the molecule is Cn1cc(C(=O)NCCC[C@@H](CCN)Nc2cccc3nc(C(F)(F)F)cn23)c2ccccc21. The Morgan fingerprint density at radius 3 is 2.68 bits per heavy atom. The second kappa shape index (κ2) is 9.76. The van der Waals surface area contributed by atoms with Gasteiger partial charge in [0.2, 0.25) is 0 Å². The molecule has 0 bridgehead atoms. The summed E-state index contributed by atoms with van der Waals surface area (Å²) in [6.07, 6.45) is 0.296. The Morgan fingerprint density at radius 1 is 1.12 bits per heavy atom. The molecule has 0 saturated carbocycles. The first-order valence-corrected chi connectivity index (χ1v) is 11.1. The van der Waals surface area contributed by atoms with E-state index in [0.29, 0.717) is 43.7 Å². The van der Waals surface area contributed by atoms with Gasteiger partial charge in [0, 0.05) is 42.9 Å². The Balaban J connectivity index is 1.38. The number of hydrogen-bond acceptors (Lipinski definition) is 4. The third kappa shape index (κ3) is 5.01. The molecule has 34 heavy (non-hydrogen) atoms. The van der Waals surface area contributed by atoms with Crippen LogP contribution in [-0.4, -0.2) is 39.0 Å². The third-order valence-corrected chi connectivity index (χ3v) is 5.81. The van der Waals surface area contributed by atoms with Crippen molar-refractivity contribution in [1.29, 1.82) is 0 Å². The molecule has 7 nitrogen and oxygen atoms in total. The minimum atomic E-state index is -4.51. The lowest BCUT2D eigenvalue weighted by Crippen LogP contribution is -2.28. The monoisotopic (exact) mass is 472 g/mol. The maximum atomic E-state index is 13.1. The number of halogens is 3. The summed E-state index contributed by atoms with van der Waals surface area (Å²) in [5.41, 5.74) is 6.65. The number of nitrogens with two attached hydrogens (primary N) is 1. The predicted octanol–water partition coefficient (Wildman–Crippen LogP) is 4.18. The van der Waals surface area contributed by atoms with Gasteiger partial charge in [0.05, 0.1) is 5.56 Å². The molecule has 0 radical (unpaired) electrons. The first-order valence-electron chi connectivity index (χ1n) is 11.1. The third-order valence-electron chi connectivity index (χ3n) is 5.81. The molecule has 0 saturated heterocycles. The molecule has 3 aromatic heterocycles. The van der Waals surface area contributed by atoms with Crippen LogP contribution in [0.2, 0.25) is 0 Å². The zero-order valence-electron chi connectivity index (χ0n) is 18.8. The van der Waals surface area contributed by atoms with Gasteiger partial charge in [-0.2, -0.15) is 13.2 Å². The fourth-order valence-electron chi connectivity index (χ4n) is 4.13. The molecule has 1 amide bonds. The molecular weight excluding hydrogens is 445 g/mol. The van der Waals surface area contributed by atoms with Gasteiger partial charge in [-0.25, -0.2) is 4.98 Å². The Kier molecular flexibility index (Phi) is 6.78. The highest BCUT2D eigenvalue weighted by molar-refractivity contribution is 6.06. The number of para-hydroxylation sites is 1. The molecular formula is C24H27F3N6O. The van der Waals surface area contributed by atoms with Crippen LogP contribution in [0.25, 0.3) is 16.6 Å². The van der Waals surface area contributed by atoms with Gasteiger partial charge >= 0.3 is 6.18 Å². The highest BCUT2D eigenvalue weighted by Gasteiger charge is 2.34. The number of fused-ring (bicyclic) bond motifs is 2. The van der Waals surface area contributed by atoms with Crippen LogP contribution < -0.4 is 16.4 Å². The van der Waals surface area contributed by atoms with E-state index in [0.717, 1.165) is 17.1 Å². The number of hydrogen-bond donors (Lipinski definition) is 3. The molecule has 0 fully saturated rings. The van der Waals surface area contributed by atoms with Gasteiger partial charge in [-0.3, -0.25) is 9.20 Å². The zero-order chi connectivity index (χ0) is 24.3. The minimum absolute atomic E-state index is 0.0678. The standard InChI is InChI=1S/C24H27F3N6O/c1-32-14-18(17-7-2-3-8-19(17)32)23(34)29-13-5-6-16(11-12-28)30-21-9-4-10-22-31-20(15-33(21)22)24(25,26)27/h2-4,7-10,14-16,30H,5-6,11-13,28H2,1H3,(H,29,34)/t16-/m0/s1. The lowest BCUT2D eigenvalue weighted by atomic mass is 10.1. The average molecular weight is 473 g/mol. The molecule has 1 aromatic carbocycles. The molecule has 10 heteroatoms. The predicted molar refractivity (Wildman–Crippen MR) is 126 cm³/mol. The number of anilines is 1. The number of aryl methyl sites for hydroxylation is 1. The van der Waals surface area contributed by atoms with E-state index < -0.39 is 11.9 Å². The van der Waals surface area contributed by atoms with Gasteiger partial charge in [0.1, 0.15) is 11.5 Å². The minimum Gasteiger partial charge on any atom is -0.368 e.